The summed E-state index contributed by atoms with van der Waals surface area (Å²) in [6, 6.07) is 1.58. The van der Waals surface area contributed by atoms with Crippen LogP contribution in [0.15, 0.2) is 0 Å². The lowest BCUT2D eigenvalue weighted by molar-refractivity contribution is -0.0532. The molecule has 2 fully saturated rings. The minimum absolute atomic E-state index is 0.461. The number of fused-ring (bicyclic) bond motifs is 1. The molecule has 2 unspecified atom stereocenters. The van der Waals surface area contributed by atoms with E-state index in [4.69, 9.17) is 0 Å². The number of piperidine rings is 1. The average Bonchev–Trinajstić information content (AvgIpc) is 2.41. The Balaban J connectivity index is 2.12. The van der Waals surface area contributed by atoms with Crippen molar-refractivity contribution in [2.75, 3.05) is 19.6 Å². The summed E-state index contributed by atoms with van der Waals surface area (Å²) in [7, 11) is 0. The number of rotatable bonds is 4. The van der Waals surface area contributed by atoms with Crippen LogP contribution in [-0.4, -0.2) is 47.1 Å². The van der Waals surface area contributed by atoms with E-state index in [0.29, 0.717) is 5.54 Å². The lowest BCUT2D eigenvalue weighted by Crippen LogP contribution is -2.64. The van der Waals surface area contributed by atoms with E-state index in [1.807, 2.05) is 0 Å². The summed E-state index contributed by atoms with van der Waals surface area (Å²) in [6.07, 6.45) is 8.20. The Morgan fingerprint density at radius 2 is 1.67 bits per heavy atom. The number of nitrogens with zero attached hydrogens (tertiary/aromatic N) is 2. The van der Waals surface area contributed by atoms with Crippen molar-refractivity contribution in [3.63, 3.8) is 0 Å². The fraction of sp³-hybridized carbons (Fsp3) is 1.00. The second kappa shape index (κ2) is 5.92. The van der Waals surface area contributed by atoms with Gasteiger partial charge >= 0.3 is 0 Å². The summed E-state index contributed by atoms with van der Waals surface area (Å²) in [6.45, 7) is 13.6. The second-order valence-electron chi connectivity index (χ2n) is 6.43. The zero-order valence-electron chi connectivity index (χ0n) is 12.9. The molecular formula is C16H32N2. The van der Waals surface area contributed by atoms with Crippen LogP contribution in [0.2, 0.25) is 0 Å². The maximum atomic E-state index is 2.86. The lowest BCUT2D eigenvalue weighted by Gasteiger charge is -2.55. The van der Waals surface area contributed by atoms with Crippen LogP contribution in [0.5, 0.6) is 0 Å². The predicted octanol–water partition coefficient (Wildman–Crippen LogP) is 3.51. The Morgan fingerprint density at radius 3 is 2.28 bits per heavy atom. The van der Waals surface area contributed by atoms with Crippen molar-refractivity contribution in [3.8, 4) is 0 Å². The largest absolute Gasteiger partial charge is 0.298 e. The molecule has 2 heterocycles. The summed E-state index contributed by atoms with van der Waals surface area (Å²) in [5, 5.41) is 0. The first-order chi connectivity index (χ1) is 8.66. The van der Waals surface area contributed by atoms with Gasteiger partial charge in [0.25, 0.3) is 0 Å². The SMILES string of the molecule is CCC(CC)(CC)N1CC2CCCCN2CC1C. The monoisotopic (exact) mass is 252 g/mol. The van der Waals surface area contributed by atoms with Gasteiger partial charge in [-0.3, -0.25) is 9.80 Å². The van der Waals surface area contributed by atoms with Gasteiger partial charge < -0.3 is 0 Å². The molecule has 2 nitrogen and oxygen atoms in total. The Kier molecular flexibility index (Phi) is 4.71. The number of hydrogen-bond donors (Lipinski definition) is 0. The molecule has 106 valence electrons. The average molecular weight is 252 g/mol. The van der Waals surface area contributed by atoms with Gasteiger partial charge in [-0.15, -0.1) is 0 Å². The molecule has 0 aromatic heterocycles. The predicted molar refractivity (Wildman–Crippen MR) is 79.0 cm³/mol. The van der Waals surface area contributed by atoms with Crippen molar-refractivity contribution in [2.24, 2.45) is 0 Å². The highest BCUT2D eigenvalue weighted by Crippen LogP contribution is 2.34. The molecule has 0 spiro atoms. The molecule has 2 atom stereocenters. The van der Waals surface area contributed by atoms with Gasteiger partial charge in [0.05, 0.1) is 0 Å². The molecule has 0 aromatic carbocycles. The Morgan fingerprint density at radius 1 is 1.00 bits per heavy atom. The van der Waals surface area contributed by atoms with Crippen molar-refractivity contribution in [2.45, 2.75) is 83.8 Å². The molecule has 0 amide bonds. The van der Waals surface area contributed by atoms with E-state index >= 15 is 0 Å². The molecule has 0 aliphatic carbocycles. The van der Waals surface area contributed by atoms with Crippen LogP contribution in [0, 0.1) is 0 Å². The lowest BCUT2D eigenvalue weighted by atomic mass is 9.84. The zero-order valence-corrected chi connectivity index (χ0v) is 12.9. The van der Waals surface area contributed by atoms with Crippen LogP contribution in [0.3, 0.4) is 0 Å². The minimum Gasteiger partial charge on any atom is -0.298 e. The number of piperazine rings is 1. The fourth-order valence-corrected chi connectivity index (χ4v) is 4.37. The molecule has 0 bridgehead atoms. The molecular weight excluding hydrogens is 220 g/mol. The standard InChI is InChI=1S/C16H32N2/c1-5-16(6-2,7-3)18-13-15-10-8-9-11-17(15)12-14(18)4/h14-15H,5-13H2,1-4H3. The van der Waals surface area contributed by atoms with Gasteiger partial charge in [0, 0.05) is 30.7 Å². The fourth-order valence-electron chi connectivity index (χ4n) is 4.37. The molecule has 2 aliphatic rings. The van der Waals surface area contributed by atoms with Crippen LogP contribution in [0.4, 0.5) is 0 Å². The van der Waals surface area contributed by atoms with E-state index in [0.717, 1.165) is 12.1 Å². The Hall–Kier alpha value is -0.0800. The van der Waals surface area contributed by atoms with E-state index in [2.05, 4.69) is 37.5 Å². The second-order valence-corrected chi connectivity index (χ2v) is 6.43. The van der Waals surface area contributed by atoms with Crippen molar-refractivity contribution in [1.29, 1.82) is 0 Å². The van der Waals surface area contributed by atoms with Crippen molar-refractivity contribution in [3.05, 3.63) is 0 Å². The molecule has 0 N–H and O–H groups in total. The summed E-state index contributed by atoms with van der Waals surface area (Å²) in [5.74, 6) is 0. The third-order valence-corrected chi connectivity index (χ3v) is 5.77. The molecule has 2 saturated heterocycles. The maximum Gasteiger partial charge on any atom is 0.0224 e. The van der Waals surface area contributed by atoms with Crippen molar-refractivity contribution < 1.29 is 0 Å². The van der Waals surface area contributed by atoms with Gasteiger partial charge in [0.2, 0.25) is 0 Å². The van der Waals surface area contributed by atoms with Crippen molar-refractivity contribution in [1.82, 2.24) is 9.80 Å². The topological polar surface area (TPSA) is 6.48 Å². The van der Waals surface area contributed by atoms with E-state index in [9.17, 15) is 0 Å². The molecule has 0 aromatic rings. The zero-order chi connectivity index (χ0) is 13.2. The van der Waals surface area contributed by atoms with Gasteiger partial charge in [0.1, 0.15) is 0 Å². The van der Waals surface area contributed by atoms with E-state index in [1.54, 1.807) is 0 Å². The van der Waals surface area contributed by atoms with Gasteiger partial charge in [0.15, 0.2) is 0 Å². The molecule has 18 heavy (non-hydrogen) atoms. The summed E-state index contributed by atoms with van der Waals surface area (Å²) >= 11 is 0. The van der Waals surface area contributed by atoms with E-state index in [1.165, 1.54) is 58.2 Å². The smallest absolute Gasteiger partial charge is 0.0224 e. The molecule has 2 heteroatoms. The third-order valence-electron chi connectivity index (χ3n) is 5.77. The van der Waals surface area contributed by atoms with Gasteiger partial charge in [-0.05, 0) is 45.6 Å². The molecule has 0 saturated carbocycles. The van der Waals surface area contributed by atoms with Crippen LogP contribution >= 0.6 is 0 Å². The normalized spacial score (nSPS) is 31.3. The summed E-state index contributed by atoms with van der Waals surface area (Å²) < 4.78 is 0. The van der Waals surface area contributed by atoms with Crippen LogP contribution in [-0.2, 0) is 0 Å². The summed E-state index contributed by atoms with van der Waals surface area (Å²) in [4.78, 5) is 5.62. The van der Waals surface area contributed by atoms with Gasteiger partial charge in [-0.2, -0.15) is 0 Å². The van der Waals surface area contributed by atoms with Crippen LogP contribution < -0.4 is 0 Å². The van der Waals surface area contributed by atoms with E-state index in [-0.39, 0.29) is 0 Å². The van der Waals surface area contributed by atoms with E-state index < -0.39 is 0 Å². The minimum atomic E-state index is 0.461. The highest BCUT2D eigenvalue weighted by molar-refractivity contribution is 4.97. The summed E-state index contributed by atoms with van der Waals surface area (Å²) in [5.41, 5.74) is 0.461. The third kappa shape index (κ3) is 2.46. The number of hydrogen-bond acceptors (Lipinski definition) is 2. The Labute approximate surface area is 114 Å². The molecule has 2 aliphatic heterocycles. The highest BCUT2D eigenvalue weighted by atomic mass is 15.3. The first-order valence-electron chi connectivity index (χ1n) is 8.17. The highest BCUT2D eigenvalue weighted by Gasteiger charge is 2.41. The first kappa shape index (κ1) is 14.3. The molecule has 0 radical (unpaired) electrons. The van der Waals surface area contributed by atoms with Crippen molar-refractivity contribution >= 4 is 0 Å². The Bertz CT molecular complexity index is 252. The van der Waals surface area contributed by atoms with Gasteiger partial charge in [-0.25, -0.2) is 0 Å². The first-order valence-corrected chi connectivity index (χ1v) is 8.17. The van der Waals surface area contributed by atoms with Crippen LogP contribution in [0.1, 0.15) is 66.2 Å². The van der Waals surface area contributed by atoms with Crippen LogP contribution in [0.25, 0.3) is 0 Å². The maximum absolute atomic E-state index is 2.86. The molecule has 2 rings (SSSR count). The van der Waals surface area contributed by atoms with Gasteiger partial charge in [-0.1, -0.05) is 27.2 Å². The quantitative estimate of drug-likeness (QED) is 0.755.